The van der Waals surface area contributed by atoms with E-state index in [1.54, 1.807) is 18.3 Å². The normalized spacial score (nSPS) is 17.8. The van der Waals surface area contributed by atoms with Gasteiger partial charge in [-0.3, -0.25) is 4.79 Å². The van der Waals surface area contributed by atoms with E-state index in [4.69, 9.17) is 0 Å². The highest BCUT2D eigenvalue weighted by Gasteiger charge is 2.25. The number of halogens is 1. The van der Waals surface area contributed by atoms with Crippen LogP contribution in [0.25, 0.3) is 11.4 Å². The predicted molar refractivity (Wildman–Crippen MR) is 90.9 cm³/mol. The number of aromatic nitrogens is 2. The maximum Gasteiger partial charge on any atom is 0.222 e. The third-order valence-electron chi connectivity index (χ3n) is 4.42. The molecule has 126 valence electrons. The van der Waals surface area contributed by atoms with Crippen LogP contribution < -0.4 is 0 Å². The van der Waals surface area contributed by atoms with E-state index in [0.29, 0.717) is 24.4 Å². The third-order valence-corrected chi connectivity index (χ3v) is 4.42. The summed E-state index contributed by atoms with van der Waals surface area (Å²) < 4.78 is 13.4. The van der Waals surface area contributed by atoms with Gasteiger partial charge in [0.05, 0.1) is 0 Å². The second kappa shape index (κ2) is 7.51. The summed E-state index contributed by atoms with van der Waals surface area (Å²) in [6.45, 7) is 3.56. The van der Waals surface area contributed by atoms with Crippen molar-refractivity contribution < 1.29 is 9.18 Å². The van der Waals surface area contributed by atoms with Crippen LogP contribution in [0.1, 0.15) is 44.2 Å². The SMILES string of the molecule is CCCC(=O)N1CCC[C@H](c2ccnc(-c3cccc(F)c3)n2)C1. The lowest BCUT2D eigenvalue weighted by Gasteiger charge is -2.32. The van der Waals surface area contributed by atoms with Gasteiger partial charge in [-0.25, -0.2) is 14.4 Å². The van der Waals surface area contributed by atoms with Crippen molar-refractivity contribution in [3.05, 3.63) is 48.0 Å². The minimum absolute atomic E-state index is 0.217. The van der Waals surface area contributed by atoms with Gasteiger partial charge in [-0.15, -0.1) is 0 Å². The molecule has 0 aliphatic carbocycles. The highest BCUT2D eigenvalue weighted by molar-refractivity contribution is 5.76. The molecule has 1 amide bonds. The number of piperidine rings is 1. The number of nitrogens with zero attached hydrogens (tertiary/aromatic N) is 3. The molecular formula is C19H22FN3O. The van der Waals surface area contributed by atoms with Gasteiger partial charge in [-0.1, -0.05) is 19.1 Å². The molecule has 0 unspecified atom stereocenters. The molecule has 3 rings (SSSR count). The lowest BCUT2D eigenvalue weighted by atomic mass is 9.94. The Bertz CT molecular complexity index is 719. The molecule has 2 aromatic rings. The fraction of sp³-hybridized carbons (Fsp3) is 0.421. The minimum atomic E-state index is -0.296. The molecule has 1 aliphatic rings. The van der Waals surface area contributed by atoms with E-state index in [0.717, 1.165) is 31.5 Å². The number of carbonyl (C=O) groups is 1. The van der Waals surface area contributed by atoms with Gasteiger partial charge < -0.3 is 4.90 Å². The molecule has 4 nitrogen and oxygen atoms in total. The highest BCUT2D eigenvalue weighted by Crippen LogP contribution is 2.27. The standard InChI is InChI=1S/C19H22FN3O/c1-2-5-18(24)23-11-4-7-15(13-23)17-9-10-21-19(22-17)14-6-3-8-16(20)12-14/h3,6,8-10,12,15H,2,4-5,7,11,13H2,1H3/t15-/m0/s1. The molecule has 2 heterocycles. The summed E-state index contributed by atoms with van der Waals surface area (Å²) in [5.41, 5.74) is 1.60. The van der Waals surface area contributed by atoms with E-state index in [2.05, 4.69) is 9.97 Å². The van der Waals surface area contributed by atoms with E-state index >= 15 is 0 Å². The maximum absolute atomic E-state index is 13.4. The fourth-order valence-electron chi connectivity index (χ4n) is 3.18. The Kier molecular flexibility index (Phi) is 5.18. The molecule has 1 saturated heterocycles. The largest absolute Gasteiger partial charge is 0.342 e. The zero-order valence-electron chi connectivity index (χ0n) is 13.9. The highest BCUT2D eigenvalue weighted by atomic mass is 19.1. The molecule has 1 aromatic heterocycles. The smallest absolute Gasteiger partial charge is 0.222 e. The van der Waals surface area contributed by atoms with Crippen LogP contribution >= 0.6 is 0 Å². The summed E-state index contributed by atoms with van der Waals surface area (Å²) in [5, 5.41) is 0. The molecule has 0 bridgehead atoms. The minimum Gasteiger partial charge on any atom is -0.342 e. The Morgan fingerprint density at radius 1 is 1.38 bits per heavy atom. The molecule has 1 fully saturated rings. The van der Waals surface area contributed by atoms with Crippen LogP contribution in [-0.4, -0.2) is 33.9 Å². The maximum atomic E-state index is 13.4. The number of carbonyl (C=O) groups excluding carboxylic acids is 1. The second-order valence-corrected chi connectivity index (χ2v) is 6.24. The van der Waals surface area contributed by atoms with E-state index < -0.39 is 0 Å². The molecule has 1 aliphatic heterocycles. The van der Waals surface area contributed by atoms with Gasteiger partial charge in [0.15, 0.2) is 5.82 Å². The van der Waals surface area contributed by atoms with Gasteiger partial charge in [0, 0.05) is 42.9 Å². The van der Waals surface area contributed by atoms with Crippen molar-refractivity contribution in [2.45, 2.75) is 38.5 Å². The van der Waals surface area contributed by atoms with Crippen molar-refractivity contribution in [1.82, 2.24) is 14.9 Å². The number of hydrogen-bond donors (Lipinski definition) is 0. The number of amides is 1. The van der Waals surface area contributed by atoms with Crippen molar-refractivity contribution in [2.24, 2.45) is 0 Å². The topological polar surface area (TPSA) is 46.1 Å². The van der Waals surface area contributed by atoms with Gasteiger partial charge in [0.1, 0.15) is 5.82 Å². The van der Waals surface area contributed by atoms with E-state index in [1.807, 2.05) is 17.9 Å². The summed E-state index contributed by atoms with van der Waals surface area (Å²) in [6.07, 6.45) is 5.19. The quantitative estimate of drug-likeness (QED) is 0.858. The van der Waals surface area contributed by atoms with Crippen molar-refractivity contribution in [1.29, 1.82) is 0 Å². The van der Waals surface area contributed by atoms with Gasteiger partial charge in [-0.05, 0) is 37.5 Å². The van der Waals surface area contributed by atoms with E-state index in [-0.39, 0.29) is 17.6 Å². The van der Waals surface area contributed by atoms with Crippen LogP contribution in [0.4, 0.5) is 4.39 Å². The third kappa shape index (κ3) is 3.78. The Balaban J connectivity index is 1.79. The lowest BCUT2D eigenvalue weighted by molar-refractivity contribution is -0.132. The Hall–Kier alpha value is -2.30. The van der Waals surface area contributed by atoms with Crippen molar-refractivity contribution in [3.8, 4) is 11.4 Å². The summed E-state index contributed by atoms with van der Waals surface area (Å²) in [4.78, 5) is 23.0. The average Bonchev–Trinajstić information content (AvgIpc) is 2.62. The summed E-state index contributed by atoms with van der Waals surface area (Å²) in [6, 6.07) is 8.22. The predicted octanol–water partition coefficient (Wildman–Crippen LogP) is 3.79. The van der Waals surface area contributed by atoms with Crippen LogP contribution in [-0.2, 0) is 4.79 Å². The summed E-state index contributed by atoms with van der Waals surface area (Å²) in [5.74, 6) is 0.677. The molecule has 0 N–H and O–H groups in total. The fourth-order valence-corrected chi connectivity index (χ4v) is 3.18. The molecule has 5 heteroatoms. The Morgan fingerprint density at radius 2 is 2.25 bits per heavy atom. The van der Waals surface area contributed by atoms with Crippen LogP contribution in [0.2, 0.25) is 0 Å². The first-order chi connectivity index (χ1) is 11.7. The van der Waals surface area contributed by atoms with Crippen LogP contribution in [0.5, 0.6) is 0 Å². The lowest BCUT2D eigenvalue weighted by Crippen LogP contribution is -2.39. The molecule has 0 saturated carbocycles. The molecular weight excluding hydrogens is 305 g/mol. The van der Waals surface area contributed by atoms with Crippen molar-refractivity contribution in [2.75, 3.05) is 13.1 Å². The molecule has 1 atom stereocenters. The second-order valence-electron chi connectivity index (χ2n) is 6.24. The van der Waals surface area contributed by atoms with Crippen LogP contribution in [0, 0.1) is 5.82 Å². The first kappa shape index (κ1) is 16.6. The molecule has 24 heavy (non-hydrogen) atoms. The van der Waals surface area contributed by atoms with E-state index in [1.165, 1.54) is 12.1 Å². The number of rotatable bonds is 4. The summed E-state index contributed by atoms with van der Waals surface area (Å²) >= 11 is 0. The van der Waals surface area contributed by atoms with Gasteiger partial charge in [0.2, 0.25) is 5.91 Å². The van der Waals surface area contributed by atoms with Crippen molar-refractivity contribution in [3.63, 3.8) is 0 Å². The zero-order valence-corrected chi connectivity index (χ0v) is 13.9. The first-order valence-corrected chi connectivity index (χ1v) is 8.54. The molecule has 1 aromatic carbocycles. The molecule has 0 radical (unpaired) electrons. The van der Waals surface area contributed by atoms with Crippen molar-refractivity contribution >= 4 is 5.91 Å². The van der Waals surface area contributed by atoms with Crippen LogP contribution in [0.3, 0.4) is 0 Å². The zero-order chi connectivity index (χ0) is 16.9. The van der Waals surface area contributed by atoms with Gasteiger partial charge >= 0.3 is 0 Å². The Morgan fingerprint density at radius 3 is 3.04 bits per heavy atom. The number of likely N-dealkylation sites (tertiary alicyclic amines) is 1. The Labute approximate surface area is 141 Å². The number of hydrogen-bond acceptors (Lipinski definition) is 3. The van der Waals surface area contributed by atoms with Crippen LogP contribution in [0.15, 0.2) is 36.5 Å². The average molecular weight is 327 g/mol. The van der Waals surface area contributed by atoms with Gasteiger partial charge in [0.25, 0.3) is 0 Å². The van der Waals surface area contributed by atoms with E-state index in [9.17, 15) is 9.18 Å². The monoisotopic (exact) mass is 327 g/mol. The number of benzene rings is 1. The first-order valence-electron chi connectivity index (χ1n) is 8.54. The molecule has 0 spiro atoms. The van der Waals surface area contributed by atoms with Gasteiger partial charge in [-0.2, -0.15) is 0 Å². The summed E-state index contributed by atoms with van der Waals surface area (Å²) in [7, 11) is 0.